The third-order valence-electron chi connectivity index (χ3n) is 6.20. The molecule has 0 radical (unpaired) electrons. The predicted octanol–water partition coefficient (Wildman–Crippen LogP) is 2.50. The Morgan fingerprint density at radius 1 is 1.10 bits per heavy atom. The highest BCUT2D eigenvalue weighted by Crippen LogP contribution is 2.42. The summed E-state index contributed by atoms with van der Waals surface area (Å²) in [4.78, 5) is 42.5. The molecular formula is C21H31N3O6. The van der Waals surface area contributed by atoms with Crippen LogP contribution in [0.3, 0.4) is 0 Å². The fraction of sp³-hybridized carbons (Fsp3) is 0.714. The molecule has 9 heteroatoms. The summed E-state index contributed by atoms with van der Waals surface area (Å²) >= 11 is 0. The topological polar surface area (TPSA) is 100.0 Å². The molecule has 0 spiro atoms. The zero-order valence-electron chi connectivity index (χ0n) is 17.9. The standard InChI is InChI=1S/C21H31N3O6/c1-4-29-19(25)17-9-16-8-14(6-7-15(16)12-24(17)21(27)28-3)11-23-13-22-10-18(23)20(26)30-5-2/h10,13-17H,4-9,11-12H2,1-3H3/t14-,15-,16+,17-/m0/s1. The Morgan fingerprint density at radius 3 is 2.57 bits per heavy atom. The van der Waals surface area contributed by atoms with Gasteiger partial charge in [-0.2, -0.15) is 0 Å². The van der Waals surface area contributed by atoms with Gasteiger partial charge < -0.3 is 18.8 Å². The Balaban J connectivity index is 1.68. The van der Waals surface area contributed by atoms with Gasteiger partial charge in [0.2, 0.25) is 0 Å². The highest BCUT2D eigenvalue weighted by atomic mass is 16.6. The minimum atomic E-state index is -0.610. The van der Waals surface area contributed by atoms with Crippen molar-refractivity contribution in [3.63, 3.8) is 0 Å². The van der Waals surface area contributed by atoms with E-state index in [0.29, 0.717) is 49.6 Å². The van der Waals surface area contributed by atoms with Crippen molar-refractivity contribution >= 4 is 18.0 Å². The summed E-state index contributed by atoms with van der Waals surface area (Å²) in [6, 6.07) is -0.610. The van der Waals surface area contributed by atoms with Crippen LogP contribution in [0.1, 0.15) is 50.0 Å². The van der Waals surface area contributed by atoms with E-state index in [-0.39, 0.29) is 18.5 Å². The summed E-state index contributed by atoms with van der Waals surface area (Å²) in [5, 5.41) is 0. The van der Waals surface area contributed by atoms with Gasteiger partial charge in [0.05, 0.1) is 32.8 Å². The lowest BCUT2D eigenvalue weighted by Gasteiger charge is -2.46. The quantitative estimate of drug-likeness (QED) is 0.514. The molecule has 3 rings (SSSR count). The molecule has 30 heavy (non-hydrogen) atoms. The number of methoxy groups -OCH3 is 1. The van der Waals surface area contributed by atoms with Crippen molar-refractivity contribution in [1.29, 1.82) is 0 Å². The largest absolute Gasteiger partial charge is 0.464 e. The van der Waals surface area contributed by atoms with E-state index in [4.69, 9.17) is 14.2 Å². The number of ether oxygens (including phenoxy) is 3. The molecule has 9 nitrogen and oxygen atoms in total. The van der Waals surface area contributed by atoms with Crippen molar-refractivity contribution in [1.82, 2.24) is 14.5 Å². The van der Waals surface area contributed by atoms with Gasteiger partial charge in [-0.3, -0.25) is 4.90 Å². The van der Waals surface area contributed by atoms with E-state index < -0.39 is 12.1 Å². The van der Waals surface area contributed by atoms with Gasteiger partial charge in [0, 0.05) is 13.1 Å². The van der Waals surface area contributed by atoms with Gasteiger partial charge in [0.15, 0.2) is 0 Å². The van der Waals surface area contributed by atoms with E-state index in [1.165, 1.54) is 18.2 Å². The maximum atomic E-state index is 12.5. The molecule has 2 heterocycles. The number of fused-ring (bicyclic) bond motifs is 1. The molecule has 1 saturated heterocycles. The number of hydrogen-bond acceptors (Lipinski definition) is 7. The maximum Gasteiger partial charge on any atom is 0.410 e. The molecule has 2 fully saturated rings. The average Bonchev–Trinajstić information content (AvgIpc) is 3.20. The number of likely N-dealkylation sites (tertiary alicyclic amines) is 1. The van der Waals surface area contributed by atoms with Crippen molar-refractivity contribution in [2.24, 2.45) is 17.8 Å². The highest BCUT2D eigenvalue weighted by molar-refractivity contribution is 5.87. The summed E-state index contributed by atoms with van der Waals surface area (Å²) in [5.41, 5.74) is 0.462. The van der Waals surface area contributed by atoms with Crippen LogP contribution in [-0.2, 0) is 25.5 Å². The molecule has 2 aliphatic rings. The first-order chi connectivity index (χ1) is 14.5. The molecule has 0 unspecified atom stereocenters. The smallest absolute Gasteiger partial charge is 0.410 e. The van der Waals surface area contributed by atoms with Gasteiger partial charge in [0.25, 0.3) is 0 Å². The van der Waals surface area contributed by atoms with Crippen LogP contribution in [-0.4, -0.2) is 65.4 Å². The molecule has 1 saturated carbocycles. The van der Waals surface area contributed by atoms with Gasteiger partial charge in [-0.05, 0) is 57.3 Å². The molecule has 0 aromatic carbocycles. The van der Waals surface area contributed by atoms with Gasteiger partial charge >= 0.3 is 18.0 Å². The number of amides is 1. The molecule has 1 aliphatic heterocycles. The zero-order chi connectivity index (χ0) is 21.7. The van der Waals surface area contributed by atoms with Crippen LogP contribution in [0.15, 0.2) is 12.5 Å². The lowest BCUT2D eigenvalue weighted by molar-refractivity contribution is -0.152. The molecular weight excluding hydrogens is 390 g/mol. The summed E-state index contributed by atoms with van der Waals surface area (Å²) in [5.74, 6) is 0.272. The lowest BCUT2D eigenvalue weighted by atomic mass is 9.69. The summed E-state index contributed by atoms with van der Waals surface area (Å²) in [7, 11) is 1.33. The molecule has 1 aromatic rings. The van der Waals surface area contributed by atoms with Crippen LogP contribution in [0, 0.1) is 17.8 Å². The van der Waals surface area contributed by atoms with E-state index in [9.17, 15) is 14.4 Å². The summed E-state index contributed by atoms with van der Waals surface area (Å²) in [6.45, 7) is 5.33. The number of nitrogens with zero attached hydrogens (tertiary/aromatic N) is 3. The first kappa shape index (κ1) is 22.1. The fourth-order valence-electron chi connectivity index (χ4n) is 4.81. The number of imidazole rings is 1. The second kappa shape index (κ2) is 9.95. The van der Waals surface area contributed by atoms with Gasteiger partial charge in [-0.25, -0.2) is 19.4 Å². The van der Waals surface area contributed by atoms with Crippen LogP contribution in [0.25, 0.3) is 0 Å². The number of carbonyl (C=O) groups excluding carboxylic acids is 3. The molecule has 4 atom stereocenters. The van der Waals surface area contributed by atoms with E-state index in [2.05, 4.69) is 4.98 Å². The van der Waals surface area contributed by atoms with Crippen LogP contribution >= 0.6 is 0 Å². The van der Waals surface area contributed by atoms with Crippen molar-refractivity contribution in [3.05, 3.63) is 18.2 Å². The average molecular weight is 421 g/mol. The van der Waals surface area contributed by atoms with Crippen molar-refractivity contribution in [2.45, 2.75) is 52.1 Å². The molecule has 1 aliphatic carbocycles. The molecule has 0 bridgehead atoms. The number of piperidine rings is 1. The SMILES string of the molecule is CCOC(=O)c1cncn1C[C@H]1CC[C@H]2CN(C(=O)OC)[C@H](C(=O)OCC)C[C@H]2C1. The van der Waals surface area contributed by atoms with Crippen LogP contribution < -0.4 is 0 Å². The number of carbonyl (C=O) groups is 3. The van der Waals surface area contributed by atoms with Gasteiger partial charge in [0.1, 0.15) is 11.7 Å². The lowest BCUT2D eigenvalue weighted by Crippen LogP contribution is -2.55. The Morgan fingerprint density at radius 2 is 1.87 bits per heavy atom. The van der Waals surface area contributed by atoms with E-state index in [1.54, 1.807) is 20.2 Å². The van der Waals surface area contributed by atoms with Crippen LogP contribution in [0.4, 0.5) is 4.79 Å². The van der Waals surface area contributed by atoms with E-state index in [1.807, 2.05) is 4.57 Å². The predicted molar refractivity (Wildman–Crippen MR) is 107 cm³/mol. The minimum Gasteiger partial charge on any atom is -0.464 e. The zero-order valence-corrected chi connectivity index (χ0v) is 17.9. The monoisotopic (exact) mass is 421 g/mol. The van der Waals surface area contributed by atoms with E-state index >= 15 is 0 Å². The third-order valence-corrected chi connectivity index (χ3v) is 6.20. The Kier molecular flexibility index (Phi) is 7.33. The third kappa shape index (κ3) is 4.76. The van der Waals surface area contributed by atoms with Crippen molar-refractivity contribution in [3.8, 4) is 0 Å². The van der Waals surface area contributed by atoms with E-state index in [0.717, 1.165) is 19.3 Å². The molecule has 1 aromatic heterocycles. The fourth-order valence-corrected chi connectivity index (χ4v) is 4.81. The minimum absolute atomic E-state index is 0.276. The van der Waals surface area contributed by atoms with Gasteiger partial charge in [-0.15, -0.1) is 0 Å². The summed E-state index contributed by atoms with van der Waals surface area (Å²) < 4.78 is 17.1. The normalized spacial score (nSPS) is 25.9. The molecule has 166 valence electrons. The number of rotatable bonds is 6. The van der Waals surface area contributed by atoms with Crippen LogP contribution in [0.2, 0.25) is 0 Å². The number of aromatic nitrogens is 2. The Hall–Kier alpha value is -2.58. The first-order valence-corrected chi connectivity index (χ1v) is 10.7. The second-order valence-corrected chi connectivity index (χ2v) is 7.98. The summed E-state index contributed by atoms with van der Waals surface area (Å²) in [6.07, 6.45) is 6.17. The number of hydrogen-bond donors (Lipinski definition) is 0. The number of esters is 2. The van der Waals surface area contributed by atoms with Gasteiger partial charge in [-0.1, -0.05) is 0 Å². The van der Waals surface area contributed by atoms with Crippen molar-refractivity contribution < 1.29 is 28.6 Å². The molecule has 0 N–H and O–H groups in total. The van der Waals surface area contributed by atoms with Crippen LogP contribution in [0.5, 0.6) is 0 Å². The Bertz CT molecular complexity index is 764. The first-order valence-electron chi connectivity index (χ1n) is 10.7. The van der Waals surface area contributed by atoms with Crippen molar-refractivity contribution in [2.75, 3.05) is 26.9 Å². The second-order valence-electron chi connectivity index (χ2n) is 7.98. The maximum absolute atomic E-state index is 12.5. The Labute approximate surface area is 176 Å². The molecule has 1 amide bonds. The highest BCUT2D eigenvalue weighted by Gasteiger charge is 2.44.